The SMILES string of the molecule is COC(C)(C)CC(C)(N=C=O)N=NC(C)(C)C. The molecule has 98 valence electrons. The molecule has 0 aromatic heterocycles. The Labute approximate surface area is 103 Å². The topological polar surface area (TPSA) is 63.4 Å². The molecule has 0 heterocycles. The summed E-state index contributed by atoms with van der Waals surface area (Å²) < 4.78 is 5.32. The Balaban J connectivity index is 5.06. The molecule has 5 nitrogen and oxygen atoms in total. The second-order valence-corrected chi connectivity index (χ2v) is 5.93. The molecule has 1 unspecified atom stereocenters. The van der Waals surface area contributed by atoms with E-state index in [1.54, 1.807) is 20.1 Å². The average Bonchev–Trinajstić information content (AvgIpc) is 2.14. The third-order valence-corrected chi connectivity index (χ3v) is 2.17. The van der Waals surface area contributed by atoms with Gasteiger partial charge in [-0.05, 0) is 41.5 Å². The summed E-state index contributed by atoms with van der Waals surface area (Å²) in [6.07, 6.45) is 2.02. The van der Waals surface area contributed by atoms with E-state index in [4.69, 9.17) is 4.74 Å². The summed E-state index contributed by atoms with van der Waals surface area (Å²) in [7, 11) is 1.62. The number of aliphatic imine (C=N–C) groups is 1. The summed E-state index contributed by atoms with van der Waals surface area (Å²) in [5, 5.41) is 8.33. The van der Waals surface area contributed by atoms with Gasteiger partial charge in [0, 0.05) is 13.5 Å². The zero-order chi connectivity index (χ0) is 13.7. The molecule has 0 rings (SSSR count). The van der Waals surface area contributed by atoms with E-state index < -0.39 is 11.3 Å². The highest BCUT2D eigenvalue weighted by Gasteiger charge is 2.33. The van der Waals surface area contributed by atoms with E-state index >= 15 is 0 Å². The zero-order valence-electron chi connectivity index (χ0n) is 11.9. The summed E-state index contributed by atoms with van der Waals surface area (Å²) >= 11 is 0. The standard InChI is InChI=1S/C12H23N3O2/c1-10(2,3)14-15-12(6,13-9-16)8-11(4,5)17-7/h8H2,1-7H3. The van der Waals surface area contributed by atoms with Crippen LogP contribution in [0.15, 0.2) is 15.2 Å². The molecule has 0 aliphatic heterocycles. The van der Waals surface area contributed by atoms with Crippen LogP contribution in [-0.4, -0.2) is 30.0 Å². The molecular formula is C12H23N3O2. The van der Waals surface area contributed by atoms with Gasteiger partial charge in [-0.2, -0.15) is 15.2 Å². The van der Waals surface area contributed by atoms with Crippen LogP contribution in [0.5, 0.6) is 0 Å². The van der Waals surface area contributed by atoms with Gasteiger partial charge in [0.25, 0.3) is 0 Å². The first kappa shape index (κ1) is 15.9. The van der Waals surface area contributed by atoms with Gasteiger partial charge in [-0.25, -0.2) is 4.79 Å². The number of carbonyl (C=O) groups excluding carboxylic acids is 1. The van der Waals surface area contributed by atoms with Crippen LogP contribution in [0.1, 0.15) is 48.0 Å². The predicted octanol–water partition coefficient (Wildman–Crippen LogP) is 3.10. The van der Waals surface area contributed by atoms with Crippen LogP contribution in [0, 0.1) is 0 Å². The zero-order valence-corrected chi connectivity index (χ0v) is 11.9. The number of ether oxygens (including phenoxy) is 1. The Bertz CT molecular complexity index is 325. The van der Waals surface area contributed by atoms with Gasteiger partial charge in [0.05, 0.1) is 11.1 Å². The molecule has 0 saturated heterocycles. The maximum absolute atomic E-state index is 10.5. The molecule has 0 aromatic carbocycles. The lowest BCUT2D eigenvalue weighted by atomic mass is 9.95. The van der Waals surface area contributed by atoms with Crippen molar-refractivity contribution < 1.29 is 9.53 Å². The third kappa shape index (κ3) is 6.97. The molecule has 0 aliphatic rings. The van der Waals surface area contributed by atoms with Crippen molar-refractivity contribution >= 4 is 6.08 Å². The normalized spacial score (nSPS) is 16.6. The Morgan fingerprint density at radius 2 is 1.59 bits per heavy atom. The first-order valence-corrected chi connectivity index (χ1v) is 5.62. The van der Waals surface area contributed by atoms with Gasteiger partial charge in [-0.15, -0.1) is 0 Å². The summed E-state index contributed by atoms with van der Waals surface area (Å²) in [6, 6.07) is 0. The van der Waals surface area contributed by atoms with Crippen molar-refractivity contribution in [3.63, 3.8) is 0 Å². The summed E-state index contributed by atoms with van der Waals surface area (Å²) in [5.74, 6) is 0. The lowest BCUT2D eigenvalue weighted by molar-refractivity contribution is -0.000555. The molecule has 0 N–H and O–H groups in total. The molecule has 0 fully saturated rings. The van der Waals surface area contributed by atoms with Crippen molar-refractivity contribution in [1.82, 2.24) is 0 Å². The van der Waals surface area contributed by atoms with E-state index in [1.807, 2.05) is 34.6 Å². The van der Waals surface area contributed by atoms with Crippen molar-refractivity contribution in [2.75, 3.05) is 7.11 Å². The first-order chi connectivity index (χ1) is 7.54. The number of hydrogen-bond donors (Lipinski definition) is 0. The molecule has 17 heavy (non-hydrogen) atoms. The highest BCUT2D eigenvalue weighted by atomic mass is 16.5. The van der Waals surface area contributed by atoms with Crippen LogP contribution in [0.25, 0.3) is 0 Å². The van der Waals surface area contributed by atoms with Gasteiger partial charge in [-0.1, -0.05) is 0 Å². The van der Waals surface area contributed by atoms with Gasteiger partial charge >= 0.3 is 0 Å². The fourth-order valence-electron chi connectivity index (χ4n) is 1.33. The molecule has 0 aromatic rings. The van der Waals surface area contributed by atoms with E-state index in [0.29, 0.717) is 6.42 Å². The van der Waals surface area contributed by atoms with Gasteiger partial charge in [0.2, 0.25) is 6.08 Å². The van der Waals surface area contributed by atoms with E-state index in [9.17, 15) is 4.79 Å². The van der Waals surface area contributed by atoms with E-state index in [1.165, 1.54) is 0 Å². The lowest BCUT2D eigenvalue weighted by Gasteiger charge is -2.29. The molecule has 5 heteroatoms. The molecular weight excluding hydrogens is 218 g/mol. The Morgan fingerprint density at radius 1 is 1.06 bits per heavy atom. The number of methoxy groups -OCH3 is 1. The Kier molecular flexibility index (Phi) is 5.17. The minimum Gasteiger partial charge on any atom is -0.379 e. The smallest absolute Gasteiger partial charge is 0.237 e. The van der Waals surface area contributed by atoms with E-state index in [0.717, 1.165) is 0 Å². The van der Waals surface area contributed by atoms with E-state index in [-0.39, 0.29) is 5.54 Å². The maximum Gasteiger partial charge on any atom is 0.237 e. The number of hydrogen-bond acceptors (Lipinski definition) is 5. The second-order valence-electron chi connectivity index (χ2n) is 5.93. The van der Waals surface area contributed by atoms with Gasteiger partial charge < -0.3 is 4.74 Å². The van der Waals surface area contributed by atoms with Crippen LogP contribution >= 0.6 is 0 Å². The van der Waals surface area contributed by atoms with E-state index in [2.05, 4.69) is 15.2 Å². The van der Waals surface area contributed by atoms with Crippen molar-refractivity contribution in [2.24, 2.45) is 15.2 Å². The molecule has 0 radical (unpaired) electrons. The predicted molar refractivity (Wildman–Crippen MR) is 66.8 cm³/mol. The van der Waals surface area contributed by atoms with Gasteiger partial charge in [-0.3, -0.25) is 0 Å². The lowest BCUT2D eigenvalue weighted by Crippen LogP contribution is -2.34. The van der Waals surface area contributed by atoms with Crippen LogP contribution in [0.3, 0.4) is 0 Å². The largest absolute Gasteiger partial charge is 0.379 e. The van der Waals surface area contributed by atoms with Crippen LogP contribution in [-0.2, 0) is 9.53 Å². The molecule has 0 spiro atoms. The molecule has 0 bridgehead atoms. The molecule has 1 atom stereocenters. The van der Waals surface area contributed by atoms with Crippen LogP contribution in [0.4, 0.5) is 0 Å². The summed E-state index contributed by atoms with van der Waals surface area (Å²) in [4.78, 5) is 14.2. The van der Waals surface area contributed by atoms with Crippen molar-refractivity contribution in [1.29, 1.82) is 0 Å². The van der Waals surface area contributed by atoms with Crippen molar-refractivity contribution in [3.05, 3.63) is 0 Å². The number of azo groups is 1. The quantitative estimate of drug-likeness (QED) is 0.422. The number of rotatable bonds is 5. The van der Waals surface area contributed by atoms with Crippen molar-refractivity contribution in [3.8, 4) is 0 Å². The highest BCUT2D eigenvalue weighted by Crippen LogP contribution is 2.28. The van der Waals surface area contributed by atoms with Crippen molar-refractivity contribution in [2.45, 2.75) is 64.8 Å². The minimum absolute atomic E-state index is 0.295. The Hall–Kier alpha value is -1.06. The second kappa shape index (κ2) is 5.52. The average molecular weight is 241 g/mol. The minimum atomic E-state index is -0.922. The fourth-order valence-corrected chi connectivity index (χ4v) is 1.33. The molecule has 0 amide bonds. The number of isocyanates is 1. The van der Waals surface area contributed by atoms with Gasteiger partial charge in [0.15, 0.2) is 5.66 Å². The molecule has 0 aliphatic carbocycles. The maximum atomic E-state index is 10.5. The highest BCUT2D eigenvalue weighted by molar-refractivity contribution is 5.34. The summed E-state index contributed by atoms with van der Waals surface area (Å²) in [6.45, 7) is 11.4. The number of nitrogens with zero attached hydrogens (tertiary/aromatic N) is 3. The third-order valence-electron chi connectivity index (χ3n) is 2.17. The van der Waals surface area contributed by atoms with Crippen LogP contribution in [0.2, 0.25) is 0 Å². The first-order valence-electron chi connectivity index (χ1n) is 5.62. The van der Waals surface area contributed by atoms with Crippen LogP contribution < -0.4 is 0 Å². The van der Waals surface area contributed by atoms with Gasteiger partial charge in [0.1, 0.15) is 0 Å². The monoisotopic (exact) mass is 241 g/mol. The fraction of sp³-hybridized carbons (Fsp3) is 0.917. The molecule has 0 saturated carbocycles. The summed E-state index contributed by atoms with van der Waals surface area (Å²) in [5.41, 5.74) is -1.64. The Morgan fingerprint density at radius 3 is 1.94 bits per heavy atom.